The van der Waals surface area contributed by atoms with Gasteiger partial charge in [-0.15, -0.1) is 0 Å². The molecule has 0 fully saturated rings. The van der Waals surface area contributed by atoms with Crippen LogP contribution in [0.25, 0.3) is 11.3 Å². The molecule has 0 bridgehead atoms. The van der Waals surface area contributed by atoms with E-state index in [0.29, 0.717) is 6.04 Å². The maximum absolute atomic E-state index is 5.83. The highest BCUT2D eigenvalue weighted by Gasteiger charge is 2.08. The van der Waals surface area contributed by atoms with Gasteiger partial charge in [-0.25, -0.2) is 0 Å². The normalized spacial score (nSPS) is 11.2. The van der Waals surface area contributed by atoms with Crippen molar-refractivity contribution in [3.63, 3.8) is 0 Å². The Morgan fingerprint density at radius 2 is 1.94 bits per heavy atom. The first kappa shape index (κ1) is 13.8. The van der Waals surface area contributed by atoms with Gasteiger partial charge in [-0.2, -0.15) is 0 Å². The summed E-state index contributed by atoms with van der Waals surface area (Å²) < 4.78 is 7.90. The van der Waals surface area contributed by atoms with Gasteiger partial charge in [-0.3, -0.25) is 0 Å². The largest absolute Gasteiger partial charge is 0.460 e. The molecular weight excluding hydrogens is 358 g/mol. The Morgan fingerprint density at radius 3 is 2.61 bits per heavy atom. The zero-order valence-corrected chi connectivity index (χ0v) is 13.5. The molecule has 0 radical (unpaired) electrons. The van der Waals surface area contributed by atoms with Crippen LogP contribution in [0.1, 0.15) is 19.6 Å². The molecule has 2 aromatic rings. The number of halogens is 2. The summed E-state index contributed by atoms with van der Waals surface area (Å²) in [6.45, 7) is 5.00. The molecule has 0 saturated heterocycles. The smallest absolute Gasteiger partial charge is 0.135 e. The van der Waals surface area contributed by atoms with Crippen LogP contribution < -0.4 is 5.32 Å². The topological polar surface area (TPSA) is 25.2 Å². The van der Waals surface area contributed by atoms with Crippen molar-refractivity contribution in [1.82, 2.24) is 5.32 Å². The molecule has 0 aliphatic carbocycles. The first-order valence-corrected chi connectivity index (χ1v) is 7.42. The molecule has 2 rings (SSSR count). The molecule has 0 saturated carbocycles. The van der Waals surface area contributed by atoms with Crippen LogP contribution in [0.15, 0.2) is 43.7 Å². The summed E-state index contributed by atoms with van der Waals surface area (Å²) >= 11 is 6.99. The molecule has 1 N–H and O–H groups in total. The predicted octanol–water partition coefficient (Wildman–Crippen LogP) is 4.97. The summed E-state index contributed by atoms with van der Waals surface area (Å²) in [7, 11) is 0. The van der Waals surface area contributed by atoms with Gasteiger partial charge >= 0.3 is 0 Å². The third-order valence-corrected chi connectivity index (χ3v) is 3.69. The van der Waals surface area contributed by atoms with E-state index in [1.165, 1.54) is 0 Å². The zero-order valence-electron chi connectivity index (χ0n) is 10.3. The summed E-state index contributed by atoms with van der Waals surface area (Å²) in [5.74, 6) is 1.84. The second-order valence-electron chi connectivity index (χ2n) is 4.43. The van der Waals surface area contributed by atoms with E-state index in [4.69, 9.17) is 4.42 Å². The van der Waals surface area contributed by atoms with Gasteiger partial charge in [-0.05, 0) is 46.3 Å². The number of rotatable bonds is 4. The van der Waals surface area contributed by atoms with Gasteiger partial charge in [0.25, 0.3) is 0 Å². The number of benzene rings is 1. The SMILES string of the molecule is CC(C)NCc1ccc(-c2ccc(Br)cc2Br)o1. The zero-order chi connectivity index (χ0) is 13.1. The maximum atomic E-state index is 5.83. The summed E-state index contributed by atoms with van der Waals surface area (Å²) in [4.78, 5) is 0. The van der Waals surface area contributed by atoms with Crippen molar-refractivity contribution in [1.29, 1.82) is 0 Å². The lowest BCUT2D eigenvalue weighted by Gasteiger charge is -2.05. The van der Waals surface area contributed by atoms with E-state index in [0.717, 1.165) is 32.6 Å². The van der Waals surface area contributed by atoms with Crippen LogP contribution in [-0.4, -0.2) is 6.04 Å². The van der Waals surface area contributed by atoms with E-state index < -0.39 is 0 Å². The average Bonchev–Trinajstić information content (AvgIpc) is 2.75. The van der Waals surface area contributed by atoms with Gasteiger partial charge in [0, 0.05) is 20.6 Å². The molecule has 0 unspecified atom stereocenters. The Hall–Kier alpha value is -0.580. The highest BCUT2D eigenvalue weighted by molar-refractivity contribution is 9.11. The van der Waals surface area contributed by atoms with E-state index in [1.54, 1.807) is 0 Å². The van der Waals surface area contributed by atoms with Crippen molar-refractivity contribution in [2.45, 2.75) is 26.4 Å². The van der Waals surface area contributed by atoms with Gasteiger partial charge in [0.2, 0.25) is 0 Å². The Bertz CT molecular complexity index is 534. The Labute approximate surface area is 124 Å². The third-order valence-electron chi connectivity index (χ3n) is 2.54. The lowest BCUT2D eigenvalue weighted by molar-refractivity contribution is 0.473. The van der Waals surface area contributed by atoms with Crippen LogP contribution in [0.4, 0.5) is 0 Å². The Morgan fingerprint density at radius 1 is 1.17 bits per heavy atom. The summed E-state index contributed by atoms with van der Waals surface area (Å²) in [5, 5.41) is 3.34. The second-order valence-corrected chi connectivity index (χ2v) is 6.20. The van der Waals surface area contributed by atoms with Crippen LogP contribution in [0, 0.1) is 0 Å². The maximum Gasteiger partial charge on any atom is 0.135 e. The highest BCUT2D eigenvalue weighted by atomic mass is 79.9. The van der Waals surface area contributed by atoms with Gasteiger partial charge in [0.05, 0.1) is 6.54 Å². The minimum absolute atomic E-state index is 0.456. The minimum atomic E-state index is 0.456. The lowest BCUT2D eigenvalue weighted by atomic mass is 10.2. The van der Waals surface area contributed by atoms with Crippen LogP contribution in [0.3, 0.4) is 0 Å². The fourth-order valence-corrected chi connectivity index (χ4v) is 2.85. The summed E-state index contributed by atoms with van der Waals surface area (Å²) in [6.07, 6.45) is 0. The first-order chi connectivity index (χ1) is 8.56. The van der Waals surface area contributed by atoms with E-state index in [2.05, 4.69) is 51.0 Å². The molecule has 4 heteroatoms. The van der Waals surface area contributed by atoms with E-state index in [-0.39, 0.29) is 0 Å². The first-order valence-electron chi connectivity index (χ1n) is 5.84. The predicted molar refractivity (Wildman–Crippen MR) is 81.5 cm³/mol. The van der Waals surface area contributed by atoms with Crippen molar-refractivity contribution < 1.29 is 4.42 Å². The summed E-state index contributed by atoms with van der Waals surface area (Å²) in [6, 6.07) is 10.5. The van der Waals surface area contributed by atoms with Gasteiger partial charge in [-0.1, -0.05) is 29.8 Å². The number of hydrogen-bond acceptors (Lipinski definition) is 2. The van der Waals surface area contributed by atoms with Gasteiger partial charge in [0.1, 0.15) is 11.5 Å². The average molecular weight is 373 g/mol. The van der Waals surface area contributed by atoms with Crippen LogP contribution >= 0.6 is 31.9 Å². The van der Waals surface area contributed by atoms with E-state index >= 15 is 0 Å². The van der Waals surface area contributed by atoms with E-state index in [9.17, 15) is 0 Å². The monoisotopic (exact) mass is 371 g/mol. The van der Waals surface area contributed by atoms with Crippen molar-refractivity contribution >= 4 is 31.9 Å². The third kappa shape index (κ3) is 3.46. The highest BCUT2D eigenvalue weighted by Crippen LogP contribution is 2.31. The molecule has 2 nitrogen and oxygen atoms in total. The Balaban J connectivity index is 2.18. The molecule has 1 aromatic heterocycles. The molecule has 0 amide bonds. The fourth-order valence-electron chi connectivity index (χ4n) is 1.61. The second kappa shape index (κ2) is 6.04. The van der Waals surface area contributed by atoms with Crippen molar-refractivity contribution in [2.75, 3.05) is 0 Å². The fraction of sp³-hybridized carbons (Fsp3) is 0.286. The quantitative estimate of drug-likeness (QED) is 0.819. The molecule has 0 atom stereocenters. The van der Waals surface area contributed by atoms with E-state index in [1.807, 2.05) is 30.3 Å². The molecule has 96 valence electrons. The van der Waals surface area contributed by atoms with Gasteiger partial charge < -0.3 is 9.73 Å². The number of nitrogens with one attached hydrogen (secondary N) is 1. The summed E-state index contributed by atoms with van der Waals surface area (Å²) in [5.41, 5.74) is 1.06. The lowest BCUT2D eigenvalue weighted by Crippen LogP contribution is -2.21. The van der Waals surface area contributed by atoms with Crippen LogP contribution in [0.2, 0.25) is 0 Å². The molecule has 0 spiro atoms. The van der Waals surface area contributed by atoms with Gasteiger partial charge in [0.15, 0.2) is 0 Å². The van der Waals surface area contributed by atoms with Crippen molar-refractivity contribution in [2.24, 2.45) is 0 Å². The molecular formula is C14H15Br2NO. The van der Waals surface area contributed by atoms with Crippen LogP contribution in [-0.2, 0) is 6.54 Å². The van der Waals surface area contributed by atoms with Crippen molar-refractivity contribution in [3.05, 3.63) is 45.0 Å². The van der Waals surface area contributed by atoms with Crippen LogP contribution in [0.5, 0.6) is 0 Å². The minimum Gasteiger partial charge on any atom is -0.460 e. The molecule has 0 aliphatic rings. The molecule has 1 heterocycles. The van der Waals surface area contributed by atoms with Crippen molar-refractivity contribution in [3.8, 4) is 11.3 Å². The number of furan rings is 1. The molecule has 18 heavy (non-hydrogen) atoms. The Kier molecular flexibility index (Phi) is 4.65. The molecule has 1 aromatic carbocycles. The number of hydrogen-bond donors (Lipinski definition) is 1. The standard InChI is InChI=1S/C14H15Br2NO/c1-9(2)17-8-11-4-6-14(18-11)12-5-3-10(15)7-13(12)16/h3-7,9,17H,8H2,1-2H3. The molecule has 0 aliphatic heterocycles.